The van der Waals surface area contributed by atoms with Crippen LogP contribution in [0.4, 0.5) is 0 Å². The van der Waals surface area contributed by atoms with Crippen molar-refractivity contribution in [1.29, 1.82) is 0 Å². The molecule has 4 heterocycles. The molecule has 0 radical (unpaired) electrons. The Morgan fingerprint density at radius 3 is 2.68 bits per heavy atom. The molecule has 4 fully saturated rings. The fourth-order valence-electron chi connectivity index (χ4n) is 5.08. The summed E-state index contributed by atoms with van der Waals surface area (Å²) in [6, 6.07) is 6.76. The van der Waals surface area contributed by atoms with Gasteiger partial charge in [-0.2, -0.15) is 5.10 Å². The fourth-order valence-corrected chi connectivity index (χ4v) is 5.08. The number of H-pyrrole nitrogens is 1. The molecule has 0 unspecified atom stereocenters. The maximum absolute atomic E-state index is 12.9. The van der Waals surface area contributed by atoms with Gasteiger partial charge in [0.2, 0.25) is 0 Å². The van der Waals surface area contributed by atoms with Crippen molar-refractivity contribution in [2.24, 2.45) is 5.92 Å². The Bertz CT molecular complexity index is 784. The minimum absolute atomic E-state index is 0.0198. The maximum Gasteiger partial charge on any atom is 0.272 e. The van der Waals surface area contributed by atoms with Crippen LogP contribution < -0.4 is 5.32 Å². The standard InChI is InChI=1S/C20H26N4O/c25-20(21-18-12-24-9-7-14(18)8-10-24)19-16-11-15(13-3-1-2-4-13)5-6-17(16)22-23-19/h5-6,11,13-14,18H,1-4,7-10,12H2,(H,21,25)(H,22,23)/t18-/m0/s1. The third kappa shape index (κ3) is 2.74. The molecule has 1 atom stereocenters. The van der Waals surface area contributed by atoms with E-state index in [1.807, 2.05) is 0 Å². The third-order valence-electron chi connectivity index (χ3n) is 6.60. The molecule has 3 aliphatic heterocycles. The number of fused-ring (bicyclic) bond motifs is 4. The van der Waals surface area contributed by atoms with Crippen molar-refractivity contribution in [2.75, 3.05) is 19.6 Å². The van der Waals surface area contributed by atoms with E-state index < -0.39 is 0 Å². The highest BCUT2D eigenvalue weighted by atomic mass is 16.2. The predicted molar refractivity (Wildman–Crippen MR) is 97.7 cm³/mol. The number of carbonyl (C=O) groups excluding carboxylic acids is 1. The van der Waals surface area contributed by atoms with Gasteiger partial charge in [0.05, 0.1) is 5.52 Å². The summed E-state index contributed by atoms with van der Waals surface area (Å²) in [5.74, 6) is 1.26. The molecule has 5 nitrogen and oxygen atoms in total. The van der Waals surface area contributed by atoms with Crippen LogP contribution in [0, 0.1) is 5.92 Å². The topological polar surface area (TPSA) is 61.0 Å². The number of benzene rings is 1. The fraction of sp³-hybridized carbons (Fsp3) is 0.600. The number of carbonyl (C=O) groups is 1. The lowest BCUT2D eigenvalue weighted by atomic mass is 9.84. The second-order valence-electron chi connectivity index (χ2n) is 8.08. The quantitative estimate of drug-likeness (QED) is 0.904. The molecule has 1 saturated carbocycles. The minimum atomic E-state index is -0.0198. The Hall–Kier alpha value is -1.88. The molecule has 2 bridgehead atoms. The Morgan fingerprint density at radius 1 is 1.16 bits per heavy atom. The molecule has 3 saturated heterocycles. The van der Waals surface area contributed by atoms with Gasteiger partial charge in [0.25, 0.3) is 5.91 Å². The first-order valence-corrected chi connectivity index (χ1v) is 9.79. The molecular formula is C20H26N4O. The minimum Gasteiger partial charge on any atom is -0.346 e. The molecule has 5 heteroatoms. The van der Waals surface area contributed by atoms with Gasteiger partial charge in [0, 0.05) is 18.0 Å². The van der Waals surface area contributed by atoms with Crippen LogP contribution in [0.5, 0.6) is 0 Å². The molecule has 1 aromatic carbocycles. The van der Waals surface area contributed by atoms with E-state index in [4.69, 9.17) is 0 Å². The van der Waals surface area contributed by atoms with Gasteiger partial charge in [-0.05, 0) is 68.3 Å². The highest BCUT2D eigenvalue weighted by Gasteiger charge is 2.35. The lowest BCUT2D eigenvalue weighted by Crippen LogP contribution is -2.57. The first kappa shape index (κ1) is 15.4. The highest BCUT2D eigenvalue weighted by Crippen LogP contribution is 2.35. The molecule has 1 aliphatic carbocycles. The third-order valence-corrected chi connectivity index (χ3v) is 6.60. The van der Waals surface area contributed by atoms with E-state index in [0.717, 1.165) is 17.4 Å². The molecule has 2 aromatic rings. The van der Waals surface area contributed by atoms with Crippen molar-refractivity contribution < 1.29 is 4.79 Å². The average Bonchev–Trinajstić information content (AvgIpc) is 3.32. The van der Waals surface area contributed by atoms with Crippen molar-refractivity contribution in [1.82, 2.24) is 20.4 Å². The van der Waals surface area contributed by atoms with Gasteiger partial charge in [-0.15, -0.1) is 0 Å². The summed E-state index contributed by atoms with van der Waals surface area (Å²) in [5, 5.41) is 11.6. The molecule has 132 valence electrons. The monoisotopic (exact) mass is 338 g/mol. The van der Waals surface area contributed by atoms with Crippen LogP contribution in [-0.2, 0) is 0 Å². The van der Waals surface area contributed by atoms with Gasteiger partial charge >= 0.3 is 0 Å². The Kier molecular flexibility index (Phi) is 3.77. The number of aromatic amines is 1. The summed E-state index contributed by atoms with van der Waals surface area (Å²) < 4.78 is 0. The van der Waals surface area contributed by atoms with Crippen LogP contribution in [-0.4, -0.2) is 46.7 Å². The van der Waals surface area contributed by atoms with Crippen LogP contribution >= 0.6 is 0 Å². The number of nitrogens with one attached hydrogen (secondary N) is 2. The van der Waals surface area contributed by atoms with Gasteiger partial charge in [-0.1, -0.05) is 18.9 Å². The molecular weight excluding hydrogens is 312 g/mol. The van der Waals surface area contributed by atoms with Crippen LogP contribution in [0.2, 0.25) is 0 Å². The number of hydrogen-bond donors (Lipinski definition) is 2. The maximum atomic E-state index is 12.9. The van der Waals surface area contributed by atoms with E-state index in [2.05, 4.69) is 38.6 Å². The lowest BCUT2D eigenvalue weighted by molar-refractivity contribution is 0.0618. The molecule has 2 N–H and O–H groups in total. The first-order chi connectivity index (χ1) is 12.3. The zero-order valence-electron chi connectivity index (χ0n) is 14.6. The molecule has 6 rings (SSSR count). The molecule has 1 amide bonds. The van der Waals surface area contributed by atoms with E-state index in [0.29, 0.717) is 17.5 Å². The van der Waals surface area contributed by atoms with Gasteiger partial charge in [0.1, 0.15) is 0 Å². The van der Waals surface area contributed by atoms with Crippen LogP contribution in [0.15, 0.2) is 18.2 Å². The number of piperidine rings is 3. The summed E-state index contributed by atoms with van der Waals surface area (Å²) in [7, 11) is 0. The number of aromatic nitrogens is 2. The average molecular weight is 338 g/mol. The largest absolute Gasteiger partial charge is 0.346 e. The van der Waals surface area contributed by atoms with Crippen LogP contribution in [0.1, 0.15) is 60.5 Å². The number of rotatable bonds is 3. The zero-order valence-corrected chi connectivity index (χ0v) is 14.6. The van der Waals surface area contributed by atoms with Crippen molar-refractivity contribution >= 4 is 16.8 Å². The lowest BCUT2D eigenvalue weighted by Gasteiger charge is -2.44. The smallest absolute Gasteiger partial charge is 0.272 e. The molecule has 25 heavy (non-hydrogen) atoms. The van der Waals surface area contributed by atoms with Gasteiger partial charge in [-0.25, -0.2) is 0 Å². The Labute approximate surface area is 148 Å². The van der Waals surface area contributed by atoms with Crippen molar-refractivity contribution in [2.45, 2.75) is 50.5 Å². The van der Waals surface area contributed by atoms with E-state index in [1.54, 1.807) is 0 Å². The number of hydrogen-bond acceptors (Lipinski definition) is 3. The van der Waals surface area contributed by atoms with E-state index in [1.165, 1.54) is 57.2 Å². The number of amides is 1. The van der Waals surface area contributed by atoms with Crippen LogP contribution in [0.3, 0.4) is 0 Å². The van der Waals surface area contributed by atoms with Gasteiger partial charge in [0.15, 0.2) is 5.69 Å². The molecule has 4 aliphatic rings. The Morgan fingerprint density at radius 2 is 1.96 bits per heavy atom. The Balaban J connectivity index is 1.39. The normalized spacial score (nSPS) is 29.4. The van der Waals surface area contributed by atoms with Crippen molar-refractivity contribution in [3.8, 4) is 0 Å². The summed E-state index contributed by atoms with van der Waals surface area (Å²) in [6.07, 6.45) is 7.59. The summed E-state index contributed by atoms with van der Waals surface area (Å²) in [6.45, 7) is 3.37. The summed E-state index contributed by atoms with van der Waals surface area (Å²) >= 11 is 0. The van der Waals surface area contributed by atoms with E-state index >= 15 is 0 Å². The number of nitrogens with zero attached hydrogens (tertiary/aromatic N) is 2. The van der Waals surface area contributed by atoms with E-state index in [-0.39, 0.29) is 11.9 Å². The highest BCUT2D eigenvalue weighted by molar-refractivity contribution is 6.05. The molecule has 0 spiro atoms. The van der Waals surface area contributed by atoms with Crippen molar-refractivity contribution in [3.05, 3.63) is 29.5 Å². The van der Waals surface area contributed by atoms with Crippen molar-refractivity contribution in [3.63, 3.8) is 0 Å². The van der Waals surface area contributed by atoms with E-state index in [9.17, 15) is 4.79 Å². The molecule has 1 aromatic heterocycles. The second kappa shape index (κ2) is 6.13. The summed E-state index contributed by atoms with van der Waals surface area (Å²) in [5.41, 5.74) is 2.88. The SMILES string of the molecule is O=C(N[C@H]1CN2CCC1CC2)c1n[nH]c2ccc(C3CCCC3)cc12. The van der Waals surface area contributed by atoms with Crippen LogP contribution in [0.25, 0.3) is 10.9 Å². The van der Waals surface area contributed by atoms with Gasteiger partial charge < -0.3 is 10.2 Å². The predicted octanol–water partition coefficient (Wildman–Crippen LogP) is 3.04. The zero-order chi connectivity index (χ0) is 16.8. The van der Waals surface area contributed by atoms with Gasteiger partial charge in [-0.3, -0.25) is 9.89 Å². The first-order valence-electron chi connectivity index (χ1n) is 9.79. The summed E-state index contributed by atoms with van der Waals surface area (Å²) in [4.78, 5) is 15.3. The second-order valence-corrected chi connectivity index (χ2v) is 8.08.